The van der Waals surface area contributed by atoms with Crippen LogP contribution >= 0.6 is 0 Å². The van der Waals surface area contributed by atoms with Gasteiger partial charge in [0, 0.05) is 23.0 Å². The van der Waals surface area contributed by atoms with E-state index < -0.39 is 10.8 Å². The molecule has 1 N–H and O–H groups in total. The summed E-state index contributed by atoms with van der Waals surface area (Å²) in [6.07, 6.45) is 1.73. The van der Waals surface area contributed by atoms with Gasteiger partial charge in [0.25, 0.3) is 0 Å². The molecule has 1 heterocycles. The van der Waals surface area contributed by atoms with Crippen molar-refractivity contribution >= 4 is 10.8 Å². The fraction of sp³-hybridized carbons (Fsp3) is 0.429. The van der Waals surface area contributed by atoms with Crippen LogP contribution in [-0.2, 0) is 35.3 Å². The lowest BCUT2D eigenvalue weighted by Gasteiger charge is -2.01. The van der Waals surface area contributed by atoms with Crippen molar-refractivity contribution in [2.24, 2.45) is 0 Å². The van der Waals surface area contributed by atoms with Gasteiger partial charge in [0.15, 0.2) is 5.82 Å². The third kappa shape index (κ3) is 4.25. The van der Waals surface area contributed by atoms with Gasteiger partial charge in [-0.15, -0.1) is 0 Å². The van der Waals surface area contributed by atoms with Crippen LogP contribution in [0.15, 0.2) is 28.8 Å². The fourth-order valence-corrected chi connectivity index (χ4v) is 2.85. The van der Waals surface area contributed by atoms with Gasteiger partial charge in [-0.3, -0.25) is 4.21 Å². The number of aryl methyl sites for hydroxylation is 1. The van der Waals surface area contributed by atoms with Crippen molar-refractivity contribution in [2.45, 2.75) is 37.9 Å². The predicted molar refractivity (Wildman–Crippen MR) is 76.2 cm³/mol. The summed E-state index contributed by atoms with van der Waals surface area (Å²) < 4.78 is 17.1. The molecule has 0 aliphatic rings. The van der Waals surface area contributed by atoms with Crippen molar-refractivity contribution < 1.29 is 13.8 Å². The van der Waals surface area contributed by atoms with Crippen LogP contribution < -0.4 is 0 Å². The van der Waals surface area contributed by atoms with Gasteiger partial charge in [-0.1, -0.05) is 36.3 Å². The van der Waals surface area contributed by atoms with Crippen molar-refractivity contribution in [1.82, 2.24) is 10.1 Å². The van der Waals surface area contributed by atoms with Gasteiger partial charge in [0.2, 0.25) is 5.89 Å². The highest BCUT2D eigenvalue weighted by Crippen LogP contribution is 2.10. The zero-order valence-corrected chi connectivity index (χ0v) is 12.2. The van der Waals surface area contributed by atoms with Gasteiger partial charge in [-0.25, -0.2) is 0 Å². The van der Waals surface area contributed by atoms with E-state index in [1.54, 1.807) is 0 Å². The molecule has 1 aromatic heterocycles. The predicted octanol–water partition coefficient (Wildman–Crippen LogP) is 1.96. The van der Waals surface area contributed by atoms with Gasteiger partial charge in [-0.2, -0.15) is 4.98 Å². The van der Waals surface area contributed by atoms with Gasteiger partial charge < -0.3 is 9.63 Å². The lowest BCUT2D eigenvalue weighted by atomic mass is 10.2. The van der Waals surface area contributed by atoms with Crippen molar-refractivity contribution in [3.05, 3.63) is 47.1 Å². The standard InChI is InChI=1S/C14H18N2O3S/c1-2-3-13-15-14(19-16-13)10-20(18)9-12-6-4-11(8-17)5-7-12/h4-7,17H,2-3,8-10H2,1H3. The van der Waals surface area contributed by atoms with E-state index in [1.165, 1.54) is 0 Å². The first-order valence-electron chi connectivity index (χ1n) is 6.56. The number of rotatable bonds is 7. The molecule has 2 aromatic rings. The number of nitrogens with zero attached hydrogens (tertiary/aromatic N) is 2. The topological polar surface area (TPSA) is 76.2 Å². The molecule has 0 spiro atoms. The molecule has 1 unspecified atom stereocenters. The summed E-state index contributed by atoms with van der Waals surface area (Å²) in [6, 6.07) is 7.41. The first kappa shape index (κ1) is 14.9. The Labute approximate surface area is 120 Å². The monoisotopic (exact) mass is 294 g/mol. The number of hydrogen-bond acceptors (Lipinski definition) is 5. The molecule has 0 aliphatic heterocycles. The van der Waals surface area contributed by atoms with Crippen LogP contribution in [0.1, 0.15) is 36.2 Å². The zero-order chi connectivity index (χ0) is 14.4. The van der Waals surface area contributed by atoms with Crippen LogP contribution in [0.5, 0.6) is 0 Å². The van der Waals surface area contributed by atoms with E-state index in [0.717, 1.165) is 24.0 Å². The van der Waals surface area contributed by atoms with Gasteiger partial charge in [0.1, 0.15) is 5.75 Å². The Morgan fingerprint density at radius 1 is 1.20 bits per heavy atom. The molecule has 6 heteroatoms. The van der Waals surface area contributed by atoms with E-state index in [-0.39, 0.29) is 12.4 Å². The second kappa shape index (κ2) is 7.31. The highest BCUT2D eigenvalue weighted by atomic mass is 32.2. The number of hydrogen-bond donors (Lipinski definition) is 1. The molecule has 2 rings (SSSR count). The summed E-state index contributed by atoms with van der Waals surface area (Å²) in [5.74, 6) is 1.82. The summed E-state index contributed by atoms with van der Waals surface area (Å²) in [4.78, 5) is 4.21. The van der Waals surface area contributed by atoms with Gasteiger partial charge >= 0.3 is 0 Å². The van der Waals surface area contributed by atoms with Crippen molar-refractivity contribution in [3.8, 4) is 0 Å². The van der Waals surface area contributed by atoms with Crippen molar-refractivity contribution in [1.29, 1.82) is 0 Å². The van der Waals surface area contributed by atoms with E-state index in [1.807, 2.05) is 31.2 Å². The molecular weight excluding hydrogens is 276 g/mol. The quantitative estimate of drug-likeness (QED) is 0.844. The maximum atomic E-state index is 12.0. The smallest absolute Gasteiger partial charge is 0.239 e. The van der Waals surface area contributed by atoms with Crippen molar-refractivity contribution in [2.75, 3.05) is 0 Å². The lowest BCUT2D eigenvalue weighted by molar-refractivity contribution is 0.282. The van der Waals surface area contributed by atoms with E-state index in [2.05, 4.69) is 10.1 Å². The number of aliphatic hydroxyl groups is 1. The molecule has 0 saturated heterocycles. The maximum Gasteiger partial charge on any atom is 0.239 e. The molecule has 0 fully saturated rings. The minimum Gasteiger partial charge on any atom is -0.392 e. The SMILES string of the molecule is CCCc1noc(CS(=O)Cc2ccc(CO)cc2)n1. The maximum absolute atomic E-state index is 12.0. The van der Waals surface area contributed by atoms with Gasteiger partial charge in [0.05, 0.1) is 6.61 Å². The van der Waals surface area contributed by atoms with Crippen LogP contribution in [0.4, 0.5) is 0 Å². The lowest BCUT2D eigenvalue weighted by Crippen LogP contribution is -2.00. The highest BCUT2D eigenvalue weighted by Gasteiger charge is 2.10. The van der Waals surface area contributed by atoms with Crippen LogP contribution in [0.2, 0.25) is 0 Å². The third-order valence-electron chi connectivity index (χ3n) is 2.80. The van der Waals surface area contributed by atoms with Gasteiger partial charge in [-0.05, 0) is 17.5 Å². The molecular formula is C14H18N2O3S. The molecule has 5 nitrogen and oxygen atoms in total. The van der Waals surface area contributed by atoms with E-state index in [9.17, 15) is 4.21 Å². The normalized spacial score (nSPS) is 12.5. The van der Waals surface area contributed by atoms with Crippen LogP contribution in [0.3, 0.4) is 0 Å². The van der Waals surface area contributed by atoms with E-state index >= 15 is 0 Å². The average Bonchev–Trinajstić information content (AvgIpc) is 2.87. The molecule has 0 aliphatic carbocycles. The Morgan fingerprint density at radius 3 is 2.55 bits per heavy atom. The minimum absolute atomic E-state index is 0.0194. The highest BCUT2D eigenvalue weighted by molar-refractivity contribution is 7.83. The Hall–Kier alpha value is -1.53. The number of aromatic nitrogens is 2. The molecule has 0 saturated carbocycles. The number of aliphatic hydroxyl groups excluding tert-OH is 1. The van der Waals surface area contributed by atoms with Crippen LogP contribution in [0, 0.1) is 0 Å². The van der Waals surface area contributed by atoms with E-state index in [4.69, 9.17) is 9.63 Å². The summed E-state index contributed by atoms with van der Waals surface area (Å²) in [7, 11) is -1.08. The Kier molecular flexibility index (Phi) is 5.43. The molecule has 1 aromatic carbocycles. The molecule has 1 atom stereocenters. The first-order chi connectivity index (χ1) is 9.71. The molecule has 0 radical (unpaired) electrons. The number of benzene rings is 1. The summed E-state index contributed by atoms with van der Waals surface area (Å²) >= 11 is 0. The summed E-state index contributed by atoms with van der Waals surface area (Å²) in [6.45, 7) is 2.07. The Balaban J connectivity index is 1.90. The Bertz CT molecular complexity index is 566. The molecule has 0 amide bonds. The molecule has 0 bridgehead atoms. The second-order valence-corrected chi connectivity index (χ2v) is 6.01. The fourth-order valence-electron chi connectivity index (χ4n) is 1.79. The van der Waals surface area contributed by atoms with Crippen molar-refractivity contribution in [3.63, 3.8) is 0 Å². The Morgan fingerprint density at radius 2 is 1.90 bits per heavy atom. The average molecular weight is 294 g/mol. The molecule has 20 heavy (non-hydrogen) atoms. The largest absolute Gasteiger partial charge is 0.392 e. The van der Waals surface area contributed by atoms with Crippen LogP contribution in [0.25, 0.3) is 0 Å². The second-order valence-electron chi connectivity index (χ2n) is 4.56. The van der Waals surface area contributed by atoms with Crippen LogP contribution in [-0.4, -0.2) is 19.5 Å². The minimum atomic E-state index is -1.08. The third-order valence-corrected chi connectivity index (χ3v) is 4.03. The summed E-state index contributed by atoms with van der Waals surface area (Å²) in [5, 5.41) is 12.8. The zero-order valence-electron chi connectivity index (χ0n) is 11.4. The first-order valence-corrected chi connectivity index (χ1v) is 8.05. The molecule has 108 valence electrons. The summed E-state index contributed by atoms with van der Waals surface area (Å²) in [5.41, 5.74) is 1.81. The van der Waals surface area contributed by atoms with E-state index in [0.29, 0.717) is 17.5 Å².